The van der Waals surface area contributed by atoms with Crippen molar-refractivity contribution in [2.24, 2.45) is 0 Å². The Morgan fingerprint density at radius 3 is 2.18 bits per heavy atom. The van der Waals surface area contributed by atoms with E-state index in [2.05, 4.69) is 26.1 Å². The second kappa shape index (κ2) is 13.5. The number of ether oxygens (including phenoxy) is 1. The quantitative estimate of drug-likeness (QED) is 0.302. The lowest BCUT2D eigenvalue weighted by molar-refractivity contribution is -0.143. The Kier molecular flexibility index (Phi) is 10.4. The molecular formula is C32H39ClN2O3. The van der Waals surface area contributed by atoms with Gasteiger partial charge in [0.05, 0.1) is 0 Å². The highest BCUT2D eigenvalue weighted by atomic mass is 35.5. The first-order valence-electron chi connectivity index (χ1n) is 13.2. The van der Waals surface area contributed by atoms with E-state index in [1.807, 2.05) is 80.6 Å². The molecule has 202 valence electrons. The van der Waals surface area contributed by atoms with Crippen LogP contribution < -0.4 is 10.1 Å². The van der Waals surface area contributed by atoms with Crippen molar-refractivity contribution in [2.75, 3.05) is 6.61 Å². The van der Waals surface area contributed by atoms with Crippen molar-refractivity contribution in [3.05, 3.63) is 101 Å². The van der Waals surface area contributed by atoms with Gasteiger partial charge in [0.2, 0.25) is 5.91 Å². The molecule has 0 saturated carbocycles. The van der Waals surface area contributed by atoms with Gasteiger partial charge in [-0.15, -0.1) is 0 Å². The number of para-hydroxylation sites is 1. The van der Waals surface area contributed by atoms with Crippen LogP contribution in [-0.4, -0.2) is 35.4 Å². The highest BCUT2D eigenvalue weighted by Gasteiger charge is 2.31. The summed E-state index contributed by atoms with van der Waals surface area (Å²) in [7, 11) is 0. The average Bonchev–Trinajstić information content (AvgIpc) is 2.90. The van der Waals surface area contributed by atoms with Gasteiger partial charge in [-0.05, 0) is 53.6 Å². The predicted molar refractivity (Wildman–Crippen MR) is 154 cm³/mol. The molecule has 38 heavy (non-hydrogen) atoms. The van der Waals surface area contributed by atoms with Gasteiger partial charge in [-0.1, -0.05) is 100.0 Å². The van der Waals surface area contributed by atoms with Gasteiger partial charge >= 0.3 is 0 Å². The number of nitrogens with zero attached hydrogens (tertiary/aromatic N) is 1. The smallest absolute Gasteiger partial charge is 0.261 e. The Hall–Kier alpha value is -3.31. The van der Waals surface area contributed by atoms with Gasteiger partial charge in [0.15, 0.2) is 6.61 Å². The van der Waals surface area contributed by atoms with Crippen molar-refractivity contribution in [3.8, 4) is 5.75 Å². The first kappa shape index (κ1) is 29.2. The summed E-state index contributed by atoms with van der Waals surface area (Å²) in [4.78, 5) is 29.1. The summed E-state index contributed by atoms with van der Waals surface area (Å²) < 4.78 is 6.10. The van der Waals surface area contributed by atoms with E-state index in [1.54, 1.807) is 17.0 Å². The Labute approximate surface area is 232 Å². The first-order valence-corrected chi connectivity index (χ1v) is 13.6. The molecule has 3 aromatic rings. The maximum absolute atomic E-state index is 13.8. The monoisotopic (exact) mass is 534 g/mol. The molecule has 0 aromatic heterocycles. The van der Waals surface area contributed by atoms with Crippen molar-refractivity contribution in [3.63, 3.8) is 0 Å². The minimum atomic E-state index is -0.712. The van der Waals surface area contributed by atoms with Crippen molar-refractivity contribution in [1.29, 1.82) is 0 Å². The van der Waals surface area contributed by atoms with Crippen LogP contribution in [-0.2, 0) is 28.0 Å². The topological polar surface area (TPSA) is 58.6 Å². The van der Waals surface area contributed by atoms with Crippen LogP contribution in [0.3, 0.4) is 0 Å². The van der Waals surface area contributed by atoms with E-state index >= 15 is 0 Å². The van der Waals surface area contributed by atoms with E-state index in [0.717, 1.165) is 23.1 Å². The molecule has 3 aromatic carbocycles. The molecule has 0 radical (unpaired) electrons. The number of carbonyl (C=O) groups is 2. The van der Waals surface area contributed by atoms with E-state index in [1.165, 1.54) is 0 Å². The molecule has 5 nitrogen and oxygen atoms in total. The second-order valence-electron chi connectivity index (χ2n) is 10.7. The highest BCUT2D eigenvalue weighted by molar-refractivity contribution is 6.30. The summed E-state index contributed by atoms with van der Waals surface area (Å²) >= 11 is 6.11. The number of halogens is 1. The summed E-state index contributed by atoms with van der Waals surface area (Å²) in [6.45, 7) is 10.4. The van der Waals surface area contributed by atoms with E-state index in [4.69, 9.17) is 16.3 Å². The zero-order chi connectivity index (χ0) is 27.7. The highest BCUT2D eigenvalue weighted by Crippen LogP contribution is 2.31. The lowest BCUT2D eigenvalue weighted by atomic mass is 9.86. The molecule has 3 rings (SSSR count). The fourth-order valence-corrected chi connectivity index (χ4v) is 4.34. The number of nitrogens with one attached hydrogen (secondary N) is 1. The summed E-state index contributed by atoms with van der Waals surface area (Å²) in [5.74, 6) is 0.230. The fraction of sp³-hybridized carbons (Fsp3) is 0.375. The predicted octanol–water partition coefficient (Wildman–Crippen LogP) is 6.57. The Bertz CT molecular complexity index is 1190. The van der Waals surface area contributed by atoms with Crippen LogP contribution in [0.25, 0.3) is 0 Å². The number of benzene rings is 3. The number of hydrogen-bond donors (Lipinski definition) is 1. The normalized spacial score (nSPS) is 12.9. The minimum Gasteiger partial charge on any atom is -0.483 e. The Morgan fingerprint density at radius 2 is 1.55 bits per heavy atom. The summed E-state index contributed by atoms with van der Waals surface area (Å²) in [5.41, 5.74) is 2.73. The molecule has 0 heterocycles. The lowest BCUT2D eigenvalue weighted by Gasteiger charge is -2.32. The molecule has 0 saturated heterocycles. The van der Waals surface area contributed by atoms with Crippen LogP contribution in [0.4, 0.5) is 0 Å². The molecule has 0 aliphatic rings. The molecule has 2 atom stereocenters. The number of carbonyl (C=O) groups excluding carboxylic acids is 2. The largest absolute Gasteiger partial charge is 0.483 e. The Balaban J connectivity index is 1.94. The standard InChI is InChI=1S/C32H39ClN2O3/c1-6-23(2)34-31(37)28(20-24-12-8-7-9-13-24)35(21-25-16-18-26(33)19-17-25)30(36)22-38-29-15-11-10-14-27(29)32(3,4)5/h7-19,23,28H,6,20-22H2,1-5H3,(H,34,37)/t23-,28-/m0/s1. The van der Waals surface area contributed by atoms with Crippen molar-refractivity contribution < 1.29 is 14.3 Å². The van der Waals surface area contributed by atoms with E-state index in [-0.39, 0.29) is 36.4 Å². The molecule has 2 amide bonds. The third-order valence-corrected chi connectivity index (χ3v) is 6.84. The summed E-state index contributed by atoms with van der Waals surface area (Å²) in [5, 5.41) is 3.70. The van der Waals surface area contributed by atoms with Gasteiger partial charge in [0.1, 0.15) is 11.8 Å². The van der Waals surface area contributed by atoms with Gasteiger partial charge in [-0.25, -0.2) is 0 Å². The molecule has 0 aliphatic carbocycles. The van der Waals surface area contributed by atoms with Gasteiger partial charge in [-0.3, -0.25) is 9.59 Å². The third-order valence-electron chi connectivity index (χ3n) is 6.58. The number of amides is 2. The van der Waals surface area contributed by atoms with Gasteiger partial charge in [0, 0.05) is 24.0 Å². The van der Waals surface area contributed by atoms with Crippen LogP contribution >= 0.6 is 11.6 Å². The van der Waals surface area contributed by atoms with Crippen molar-refractivity contribution in [2.45, 2.75) is 71.5 Å². The molecule has 0 fully saturated rings. The van der Waals surface area contributed by atoms with Crippen molar-refractivity contribution in [1.82, 2.24) is 10.2 Å². The summed E-state index contributed by atoms with van der Waals surface area (Å²) in [6.07, 6.45) is 1.18. The lowest BCUT2D eigenvalue weighted by Crippen LogP contribution is -2.53. The van der Waals surface area contributed by atoms with Gasteiger partial charge < -0.3 is 15.0 Å². The SMILES string of the molecule is CC[C@H](C)NC(=O)[C@H](Cc1ccccc1)N(Cc1ccc(Cl)cc1)C(=O)COc1ccccc1C(C)(C)C. The molecular weight excluding hydrogens is 496 g/mol. The van der Waals surface area contributed by atoms with Crippen LogP contribution in [0.5, 0.6) is 5.75 Å². The van der Waals surface area contributed by atoms with Crippen LogP contribution in [0.1, 0.15) is 57.7 Å². The van der Waals surface area contributed by atoms with Crippen LogP contribution in [0.15, 0.2) is 78.9 Å². The average molecular weight is 535 g/mol. The zero-order valence-corrected chi connectivity index (χ0v) is 23.8. The molecule has 1 N–H and O–H groups in total. The molecule has 0 bridgehead atoms. The fourth-order valence-electron chi connectivity index (χ4n) is 4.22. The zero-order valence-electron chi connectivity index (χ0n) is 23.0. The van der Waals surface area contributed by atoms with E-state index in [9.17, 15) is 9.59 Å². The van der Waals surface area contributed by atoms with Gasteiger partial charge in [-0.2, -0.15) is 0 Å². The number of hydrogen-bond acceptors (Lipinski definition) is 3. The summed E-state index contributed by atoms with van der Waals surface area (Å²) in [6, 6.07) is 24.2. The number of rotatable bonds is 11. The van der Waals surface area contributed by atoms with Crippen LogP contribution in [0, 0.1) is 0 Å². The third kappa shape index (κ3) is 8.35. The molecule has 0 aliphatic heterocycles. The molecule has 6 heteroatoms. The van der Waals surface area contributed by atoms with E-state index < -0.39 is 6.04 Å². The van der Waals surface area contributed by atoms with Crippen molar-refractivity contribution >= 4 is 23.4 Å². The van der Waals surface area contributed by atoms with Gasteiger partial charge in [0.25, 0.3) is 5.91 Å². The van der Waals surface area contributed by atoms with Crippen LogP contribution in [0.2, 0.25) is 5.02 Å². The molecule has 0 spiro atoms. The first-order chi connectivity index (χ1) is 18.1. The Morgan fingerprint density at radius 1 is 0.921 bits per heavy atom. The minimum absolute atomic E-state index is 0.0110. The second-order valence-corrected chi connectivity index (χ2v) is 11.1. The molecule has 0 unspecified atom stereocenters. The maximum Gasteiger partial charge on any atom is 0.261 e. The van der Waals surface area contributed by atoms with E-state index in [0.29, 0.717) is 17.2 Å². The maximum atomic E-state index is 13.8.